The van der Waals surface area contributed by atoms with Crippen molar-refractivity contribution >= 4 is 34.8 Å². The van der Waals surface area contributed by atoms with Gasteiger partial charge in [0, 0.05) is 5.56 Å². The number of hydrogen-bond donors (Lipinski definition) is 1. The highest BCUT2D eigenvalue weighted by atomic mass is 35.6. The van der Waals surface area contributed by atoms with E-state index in [2.05, 4.69) is 0 Å². The molecule has 1 atom stereocenters. The van der Waals surface area contributed by atoms with Crippen LogP contribution in [0.4, 0.5) is 0 Å². The van der Waals surface area contributed by atoms with Gasteiger partial charge in [-0.1, -0.05) is 34.8 Å². The molecule has 0 saturated heterocycles. The molecule has 1 aromatic rings. The zero-order valence-electron chi connectivity index (χ0n) is 8.71. The number of rotatable bonds is 3. The normalized spacial score (nSPS) is 13.4. The van der Waals surface area contributed by atoms with Crippen molar-refractivity contribution in [2.75, 3.05) is 14.2 Å². The van der Waals surface area contributed by atoms with Crippen LogP contribution >= 0.6 is 34.8 Å². The second-order valence-corrected chi connectivity index (χ2v) is 5.42. The van der Waals surface area contributed by atoms with Crippen LogP contribution in [0.2, 0.25) is 0 Å². The van der Waals surface area contributed by atoms with Crippen LogP contribution in [0.25, 0.3) is 0 Å². The first kappa shape index (κ1) is 13.7. The molecule has 0 fully saturated rings. The van der Waals surface area contributed by atoms with Crippen molar-refractivity contribution in [1.82, 2.24) is 0 Å². The van der Waals surface area contributed by atoms with Gasteiger partial charge in [0.2, 0.25) is 3.79 Å². The van der Waals surface area contributed by atoms with E-state index in [1.165, 1.54) is 14.2 Å². The molecular weight excluding hydrogens is 274 g/mol. The molecule has 1 aromatic carbocycles. The molecule has 0 aliphatic heterocycles. The Bertz CT molecular complexity index is 363. The quantitative estimate of drug-likeness (QED) is 0.867. The molecule has 0 saturated carbocycles. The Labute approximate surface area is 109 Å². The Morgan fingerprint density at radius 2 is 1.81 bits per heavy atom. The predicted octanol–water partition coefficient (Wildman–Crippen LogP) is 3.11. The fourth-order valence-corrected chi connectivity index (χ4v) is 1.58. The van der Waals surface area contributed by atoms with Crippen molar-refractivity contribution in [2.24, 2.45) is 0 Å². The van der Waals surface area contributed by atoms with Gasteiger partial charge in [-0.2, -0.15) is 0 Å². The molecule has 0 aliphatic rings. The Morgan fingerprint density at radius 1 is 1.19 bits per heavy atom. The molecule has 90 valence electrons. The third-order valence-corrected chi connectivity index (χ3v) is 2.66. The molecule has 0 heterocycles. The molecule has 3 nitrogen and oxygen atoms in total. The van der Waals surface area contributed by atoms with Crippen molar-refractivity contribution in [1.29, 1.82) is 0 Å². The summed E-state index contributed by atoms with van der Waals surface area (Å²) >= 11 is 16.9. The highest BCUT2D eigenvalue weighted by Crippen LogP contribution is 2.43. The van der Waals surface area contributed by atoms with Gasteiger partial charge >= 0.3 is 0 Å². The lowest BCUT2D eigenvalue weighted by Crippen LogP contribution is -2.17. The second-order valence-electron chi connectivity index (χ2n) is 3.05. The lowest BCUT2D eigenvalue weighted by molar-refractivity contribution is 0.177. The van der Waals surface area contributed by atoms with Gasteiger partial charge in [0.1, 0.15) is 17.6 Å². The van der Waals surface area contributed by atoms with E-state index in [-0.39, 0.29) is 0 Å². The Hall–Kier alpha value is -0.350. The van der Waals surface area contributed by atoms with Crippen LogP contribution in [0.1, 0.15) is 11.7 Å². The van der Waals surface area contributed by atoms with E-state index in [9.17, 15) is 5.11 Å². The number of halogens is 3. The Morgan fingerprint density at radius 3 is 2.25 bits per heavy atom. The molecule has 1 unspecified atom stereocenters. The summed E-state index contributed by atoms with van der Waals surface area (Å²) in [5, 5.41) is 9.86. The topological polar surface area (TPSA) is 38.7 Å². The zero-order chi connectivity index (χ0) is 12.3. The smallest absolute Gasteiger partial charge is 0.220 e. The first-order valence-electron chi connectivity index (χ1n) is 4.37. The van der Waals surface area contributed by atoms with Gasteiger partial charge < -0.3 is 14.6 Å². The maximum Gasteiger partial charge on any atom is 0.220 e. The van der Waals surface area contributed by atoms with E-state index >= 15 is 0 Å². The number of hydrogen-bond acceptors (Lipinski definition) is 3. The van der Waals surface area contributed by atoms with Gasteiger partial charge in [-0.25, -0.2) is 0 Å². The Kier molecular flexibility index (Phi) is 4.56. The lowest BCUT2D eigenvalue weighted by atomic mass is 10.1. The number of aliphatic hydroxyl groups is 1. The minimum atomic E-state index is -1.82. The van der Waals surface area contributed by atoms with Crippen LogP contribution in [0.3, 0.4) is 0 Å². The van der Waals surface area contributed by atoms with Crippen LogP contribution in [0.5, 0.6) is 11.5 Å². The lowest BCUT2D eigenvalue weighted by Gasteiger charge is -2.21. The Balaban J connectivity index is 3.18. The average Bonchev–Trinajstić information content (AvgIpc) is 2.25. The molecule has 0 amide bonds. The molecular formula is C10H11Cl3O3. The zero-order valence-corrected chi connectivity index (χ0v) is 11.0. The third kappa shape index (κ3) is 3.08. The van der Waals surface area contributed by atoms with Crippen molar-refractivity contribution in [3.05, 3.63) is 23.8 Å². The number of benzene rings is 1. The summed E-state index contributed by atoms with van der Waals surface area (Å²) in [7, 11) is 2.98. The van der Waals surface area contributed by atoms with Gasteiger partial charge in [-0.3, -0.25) is 0 Å². The summed E-state index contributed by atoms with van der Waals surface area (Å²) in [6.07, 6.45) is -1.29. The SMILES string of the molecule is COc1ccc(OC)c(C(O)C(Cl)(Cl)Cl)c1. The van der Waals surface area contributed by atoms with Crippen LogP contribution in [0.15, 0.2) is 18.2 Å². The van der Waals surface area contributed by atoms with E-state index < -0.39 is 9.90 Å². The van der Waals surface area contributed by atoms with Gasteiger partial charge in [0.25, 0.3) is 0 Å². The standard InChI is InChI=1S/C10H11Cl3O3/c1-15-6-3-4-8(16-2)7(5-6)9(14)10(11,12)13/h3-5,9,14H,1-2H3. The number of methoxy groups -OCH3 is 2. The van der Waals surface area contributed by atoms with E-state index in [0.717, 1.165) is 0 Å². The van der Waals surface area contributed by atoms with Crippen molar-refractivity contribution in [3.8, 4) is 11.5 Å². The molecule has 0 aliphatic carbocycles. The third-order valence-electron chi connectivity index (χ3n) is 2.04. The van der Waals surface area contributed by atoms with Crippen molar-refractivity contribution in [3.63, 3.8) is 0 Å². The van der Waals surface area contributed by atoms with Gasteiger partial charge in [-0.05, 0) is 18.2 Å². The summed E-state index contributed by atoms with van der Waals surface area (Å²) < 4.78 is 8.27. The molecule has 1 rings (SSSR count). The van der Waals surface area contributed by atoms with Gasteiger partial charge in [0.15, 0.2) is 0 Å². The summed E-state index contributed by atoms with van der Waals surface area (Å²) in [6, 6.07) is 4.88. The van der Waals surface area contributed by atoms with Crippen LogP contribution in [0, 0.1) is 0 Å². The summed E-state index contributed by atoms with van der Waals surface area (Å²) in [5.41, 5.74) is 0.363. The van der Waals surface area contributed by atoms with E-state index in [0.29, 0.717) is 17.1 Å². The highest BCUT2D eigenvalue weighted by Gasteiger charge is 2.34. The van der Waals surface area contributed by atoms with E-state index in [4.69, 9.17) is 44.3 Å². The van der Waals surface area contributed by atoms with Gasteiger partial charge in [-0.15, -0.1) is 0 Å². The molecule has 0 aromatic heterocycles. The molecule has 6 heteroatoms. The number of ether oxygens (including phenoxy) is 2. The number of aliphatic hydroxyl groups excluding tert-OH is 1. The largest absolute Gasteiger partial charge is 0.497 e. The molecule has 0 spiro atoms. The molecule has 0 bridgehead atoms. The van der Waals surface area contributed by atoms with Crippen molar-refractivity contribution in [2.45, 2.75) is 9.90 Å². The maximum absolute atomic E-state index is 9.86. The monoisotopic (exact) mass is 284 g/mol. The highest BCUT2D eigenvalue weighted by molar-refractivity contribution is 6.68. The summed E-state index contributed by atoms with van der Waals surface area (Å²) in [5.74, 6) is 0.976. The second kappa shape index (κ2) is 5.32. The molecule has 0 radical (unpaired) electrons. The average molecular weight is 286 g/mol. The van der Waals surface area contributed by atoms with Crippen molar-refractivity contribution < 1.29 is 14.6 Å². The number of alkyl halides is 3. The van der Waals surface area contributed by atoms with E-state index in [1.54, 1.807) is 18.2 Å². The van der Waals surface area contributed by atoms with Crippen LogP contribution < -0.4 is 9.47 Å². The first-order chi connectivity index (χ1) is 7.40. The van der Waals surface area contributed by atoms with Crippen LogP contribution in [-0.4, -0.2) is 23.1 Å². The van der Waals surface area contributed by atoms with Gasteiger partial charge in [0.05, 0.1) is 14.2 Å². The van der Waals surface area contributed by atoms with E-state index in [1.807, 2.05) is 0 Å². The fourth-order valence-electron chi connectivity index (χ4n) is 1.23. The predicted molar refractivity (Wildman–Crippen MR) is 64.8 cm³/mol. The fraction of sp³-hybridized carbons (Fsp3) is 0.400. The minimum Gasteiger partial charge on any atom is -0.497 e. The first-order valence-corrected chi connectivity index (χ1v) is 5.50. The maximum atomic E-state index is 9.86. The molecule has 16 heavy (non-hydrogen) atoms. The summed E-state index contributed by atoms with van der Waals surface area (Å²) in [6.45, 7) is 0. The van der Waals surface area contributed by atoms with Crippen LogP contribution in [-0.2, 0) is 0 Å². The molecule has 1 N–H and O–H groups in total. The minimum absolute atomic E-state index is 0.363. The summed E-state index contributed by atoms with van der Waals surface area (Å²) in [4.78, 5) is 0.